The first-order valence-electron chi connectivity index (χ1n) is 21.5. The number of nitrogens with zero attached hydrogens (tertiary/aromatic N) is 1. The first-order chi connectivity index (χ1) is 28.1. The van der Waals surface area contributed by atoms with Crippen LogP contribution in [-0.4, -0.2) is 95.6 Å². The number of halogens is 1. The summed E-state index contributed by atoms with van der Waals surface area (Å²) >= 11 is 0. The van der Waals surface area contributed by atoms with Crippen LogP contribution in [0.5, 0.6) is 0 Å². The zero-order valence-electron chi connectivity index (χ0n) is 34.1. The van der Waals surface area contributed by atoms with Crippen molar-refractivity contribution in [2.75, 3.05) is 52.4 Å². The van der Waals surface area contributed by atoms with E-state index in [1.54, 1.807) is 0 Å². The number of hydrogen-bond acceptors (Lipinski definition) is 8. The van der Waals surface area contributed by atoms with Crippen molar-refractivity contribution in [3.8, 4) is 0 Å². The molecule has 0 aliphatic carbocycles. The summed E-state index contributed by atoms with van der Waals surface area (Å²) < 4.78 is 0. The zero-order valence-corrected chi connectivity index (χ0v) is 34.9. The van der Waals surface area contributed by atoms with Crippen LogP contribution in [0.3, 0.4) is 0 Å². The van der Waals surface area contributed by atoms with Crippen molar-refractivity contribution in [3.05, 3.63) is 106 Å². The average molecular weight is 831 g/mol. The van der Waals surface area contributed by atoms with Gasteiger partial charge in [-0.3, -0.25) is 19.3 Å². The normalized spacial score (nSPS) is 23.8. The summed E-state index contributed by atoms with van der Waals surface area (Å²) in [5.74, 6) is -3.34. The van der Waals surface area contributed by atoms with Gasteiger partial charge in [-0.1, -0.05) is 72.8 Å². The lowest BCUT2D eigenvalue weighted by Crippen LogP contribution is -2.44. The third kappa shape index (κ3) is 11.3. The molecule has 7 atom stereocenters. The van der Waals surface area contributed by atoms with E-state index in [0.29, 0.717) is 32.2 Å². The van der Waals surface area contributed by atoms with Gasteiger partial charge in [-0.15, -0.1) is 12.4 Å². The van der Waals surface area contributed by atoms with E-state index in [1.165, 1.54) is 0 Å². The largest absolute Gasteiger partial charge is 0.481 e. The van der Waals surface area contributed by atoms with E-state index in [-0.39, 0.29) is 30.2 Å². The fourth-order valence-electron chi connectivity index (χ4n) is 10.5. The highest BCUT2D eigenvalue weighted by Crippen LogP contribution is 2.46. The van der Waals surface area contributed by atoms with Gasteiger partial charge in [-0.2, -0.15) is 0 Å². The topological polar surface area (TPSA) is 171 Å². The van der Waals surface area contributed by atoms with Gasteiger partial charge < -0.3 is 36.4 Å². The molecule has 12 heteroatoms. The van der Waals surface area contributed by atoms with Crippen LogP contribution < -0.4 is 16.0 Å². The van der Waals surface area contributed by atoms with Gasteiger partial charge in [0.05, 0.1) is 23.9 Å². The van der Waals surface area contributed by atoms with Crippen LogP contribution in [0.1, 0.15) is 71.6 Å². The van der Waals surface area contributed by atoms with Gasteiger partial charge in [0.2, 0.25) is 0 Å². The molecule has 59 heavy (non-hydrogen) atoms. The number of carbonyl (C=O) groups is 3. The van der Waals surface area contributed by atoms with Crippen molar-refractivity contribution in [2.24, 2.45) is 40.9 Å². The van der Waals surface area contributed by atoms with Crippen molar-refractivity contribution in [1.29, 1.82) is 0 Å². The number of hydrogen-bond donors (Lipinski definition) is 7. The van der Waals surface area contributed by atoms with E-state index in [1.807, 2.05) is 48.5 Å². The van der Waals surface area contributed by atoms with Crippen LogP contribution in [0.15, 0.2) is 72.8 Å². The van der Waals surface area contributed by atoms with E-state index in [4.69, 9.17) is 0 Å². The molecule has 4 heterocycles. The lowest BCUT2D eigenvalue weighted by atomic mass is 9.67. The third-order valence-electron chi connectivity index (χ3n) is 14.0. The van der Waals surface area contributed by atoms with Crippen molar-refractivity contribution in [2.45, 2.75) is 70.4 Å². The van der Waals surface area contributed by atoms with Gasteiger partial charge in [0.15, 0.2) is 0 Å². The van der Waals surface area contributed by atoms with Gasteiger partial charge >= 0.3 is 17.9 Å². The van der Waals surface area contributed by atoms with Crippen LogP contribution in [0, 0.1) is 40.9 Å². The second-order valence-corrected chi connectivity index (χ2v) is 17.8. The number of rotatable bonds is 18. The molecule has 4 fully saturated rings. The molecule has 3 aromatic carbocycles. The number of benzene rings is 3. The molecule has 0 radical (unpaired) electrons. The Bertz CT molecular complexity index is 1870. The monoisotopic (exact) mass is 830 g/mol. The van der Waals surface area contributed by atoms with Crippen LogP contribution >= 0.6 is 12.4 Å². The summed E-state index contributed by atoms with van der Waals surface area (Å²) in [6.07, 6.45) is 5.26. The molecule has 0 aromatic heterocycles. The number of nitrogens with one attached hydrogen (secondary N) is 3. The molecule has 7 N–H and O–H groups in total. The number of aliphatic hydroxyl groups is 1. The number of likely N-dealkylation sites (tertiary alicyclic amines) is 1. The number of aliphatic hydroxyl groups excluding tert-OH is 1. The van der Waals surface area contributed by atoms with Crippen molar-refractivity contribution >= 4 is 30.3 Å². The van der Waals surface area contributed by atoms with E-state index in [9.17, 15) is 34.8 Å². The number of carboxylic acids is 3. The summed E-state index contributed by atoms with van der Waals surface area (Å²) in [7, 11) is 0. The highest BCUT2D eigenvalue weighted by Gasteiger charge is 2.42. The van der Waals surface area contributed by atoms with Gasteiger partial charge in [-0.25, -0.2) is 0 Å². The summed E-state index contributed by atoms with van der Waals surface area (Å²) in [6.45, 7) is 6.96. The highest BCUT2D eigenvalue weighted by molar-refractivity contribution is 5.85. The molecule has 7 rings (SSSR count). The maximum atomic E-state index is 12.5. The van der Waals surface area contributed by atoms with Gasteiger partial charge in [0, 0.05) is 12.0 Å². The third-order valence-corrected chi connectivity index (χ3v) is 14.0. The molecule has 0 bridgehead atoms. The van der Waals surface area contributed by atoms with Crippen molar-refractivity contribution in [1.82, 2.24) is 20.9 Å². The maximum Gasteiger partial charge on any atom is 0.307 e. The molecule has 1 unspecified atom stereocenters. The maximum absolute atomic E-state index is 12.5. The minimum atomic E-state index is -0.799. The molecule has 0 amide bonds. The fraction of sp³-hybridized carbons (Fsp3) is 0.553. The van der Waals surface area contributed by atoms with Crippen LogP contribution in [0.25, 0.3) is 0 Å². The molecule has 0 spiro atoms. The zero-order chi connectivity index (χ0) is 40.6. The second-order valence-electron chi connectivity index (χ2n) is 17.8. The van der Waals surface area contributed by atoms with E-state index in [0.717, 1.165) is 118 Å². The molecule has 320 valence electrons. The number of aliphatic carboxylic acids is 3. The lowest BCUT2D eigenvalue weighted by molar-refractivity contribution is -0.144. The number of carboxylic acid groups (broad SMARTS) is 3. The molecule has 4 aliphatic heterocycles. The first kappa shape index (κ1) is 44.7. The fourth-order valence-corrected chi connectivity index (χ4v) is 10.5. The Morgan fingerprint density at radius 2 is 1.02 bits per heavy atom. The Morgan fingerprint density at radius 1 is 0.610 bits per heavy atom. The Kier molecular flexibility index (Phi) is 15.6. The summed E-state index contributed by atoms with van der Waals surface area (Å²) in [6, 6.07) is 24.5. The molecule has 4 saturated heterocycles. The Balaban J connectivity index is 0.00000585. The summed E-state index contributed by atoms with van der Waals surface area (Å²) in [5, 5.41) is 52.8. The molecular weight excluding hydrogens is 768 g/mol. The standard InChI is InChI=1S/C47H62N4O7.ClH/c52-43(36-9-3-6-33(22-36)25-42(46(57)58)39-12-17-50-29-39)47(26-34-7-1-4-31(20-34)23-40(44(53)54)37-10-15-48-27-37)13-18-51(19-14-47)30-35-8-2-5-32(21-35)24-41(45(55)56)38-11-16-49-28-38;/h1-9,20-22,37-43,48-50,52H,10-19,23-30H2,(H,53,54)(H,55,56)(H,57,58);1H/t37-,38-,39-,40-,41-,42-,43?;/m0./s1. The predicted molar refractivity (Wildman–Crippen MR) is 230 cm³/mol. The summed E-state index contributed by atoms with van der Waals surface area (Å²) in [4.78, 5) is 39.4. The number of piperidine rings is 1. The van der Waals surface area contributed by atoms with Crippen LogP contribution in [-0.2, 0) is 46.6 Å². The summed E-state index contributed by atoms with van der Waals surface area (Å²) in [5.41, 5.74) is 5.47. The minimum Gasteiger partial charge on any atom is -0.481 e. The van der Waals surface area contributed by atoms with Gasteiger partial charge in [0.25, 0.3) is 0 Å². The molecule has 4 aliphatic rings. The highest BCUT2D eigenvalue weighted by atomic mass is 35.5. The van der Waals surface area contributed by atoms with Gasteiger partial charge in [-0.05, 0) is 161 Å². The SMILES string of the molecule is Cl.O=C(O)[C@@H](Cc1cccc(CN2CCC(Cc3cccc(C[C@H](C(=O)O)[C@H]4CCNC4)c3)(C(O)c3cccc(C[C@H](C(=O)O)[C@H]4CCNC4)c3)CC2)c1)[C@H]1CCNC1. The van der Waals surface area contributed by atoms with E-state index in [2.05, 4.69) is 45.1 Å². The minimum absolute atomic E-state index is 0. The lowest BCUT2D eigenvalue weighted by Gasteiger charge is -2.45. The van der Waals surface area contributed by atoms with Crippen LogP contribution in [0.2, 0.25) is 0 Å². The molecular formula is C47H63ClN4O7. The second kappa shape index (κ2) is 20.6. The predicted octanol–water partition coefficient (Wildman–Crippen LogP) is 5.23. The molecule has 3 aromatic rings. The molecule has 11 nitrogen and oxygen atoms in total. The smallest absolute Gasteiger partial charge is 0.307 e. The average Bonchev–Trinajstić information content (AvgIpc) is 4.05. The van der Waals surface area contributed by atoms with Crippen LogP contribution in [0.4, 0.5) is 0 Å². The van der Waals surface area contributed by atoms with E-state index >= 15 is 0 Å². The molecule has 0 saturated carbocycles. The Labute approximate surface area is 354 Å². The van der Waals surface area contributed by atoms with Crippen molar-refractivity contribution in [3.63, 3.8) is 0 Å². The van der Waals surface area contributed by atoms with Crippen molar-refractivity contribution < 1.29 is 34.8 Å². The Hall–Kier alpha value is -3.84. The Morgan fingerprint density at radius 3 is 1.46 bits per heavy atom. The first-order valence-corrected chi connectivity index (χ1v) is 21.5. The van der Waals surface area contributed by atoms with Gasteiger partial charge in [0.1, 0.15) is 0 Å². The quantitative estimate of drug-likeness (QED) is 0.0897. The van der Waals surface area contributed by atoms with E-state index < -0.39 is 47.2 Å².